The van der Waals surface area contributed by atoms with Gasteiger partial charge >= 0.3 is 12.5 Å². The molecule has 1 heterocycles. The molecule has 2 saturated carbocycles. The van der Waals surface area contributed by atoms with Gasteiger partial charge in [0.25, 0.3) is 0 Å². The summed E-state index contributed by atoms with van der Waals surface area (Å²) in [6.45, 7) is 1.37. The summed E-state index contributed by atoms with van der Waals surface area (Å²) in [5.74, 6) is -0.461. The maximum absolute atomic E-state index is 14.7. The van der Waals surface area contributed by atoms with E-state index in [4.69, 9.17) is 14.2 Å². The number of rotatable bonds is 6. The molecule has 0 aromatic heterocycles. The van der Waals surface area contributed by atoms with Crippen LogP contribution in [0.25, 0.3) is 0 Å². The van der Waals surface area contributed by atoms with Gasteiger partial charge in [-0.15, -0.1) is 13.2 Å². The lowest BCUT2D eigenvalue weighted by Gasteiger charge is -2.40. The standard InChI is InChI=1S/C23H29F5O4/c24-22(25,31-19-9-11-20(12-10-19)32-23(26,27)28)18-7-5-16(6-8-18)21-29-13-17(14-30-21)15-3-1-2-4-15/h9-12,15-18,21H,1-8,13-14H2. The monoisotopic (exact) mass is 464 g/mol. The van der Waals surface area contributed by atoms with Crippen LogP contribution in [0, 0.1) is 23.7 Å². The highest BCUT2D eigenvalue weighted by Gasteiger charge is 2.46. The first-order chi connectivity index (χ1) is 15.2. The highest BCUT2D eigenvalue weighted by Crippen LogP contribution is 2.43. The van der Waals surface area contributed by atoms with Gasteiger partial charge in [0.15, 0.2) is 6.29 Å². The Labute approximate surface area is 184 Å². The van der Waals surface area contributed by atoms with E-state index >= 15 is 0 Å². The molecule has 0 atom stereocenters. The molecule has 0 spiro atoms. The zero-order chi connectivity index (χ0) is 22.8. The fourth-order valence-electron chi connectivity index (χ4n) is 5.18. The molecule has 0 amide bonds. The molecule has 2 aliphatic carbocycles. The molecule has 0 unspecified atom stereocenters. The summed E-state index contributed by atoms with van der Waals surface area (Å²) in [5.41, 5.74) is 0. The molecule has 1 aromatic rings. The fraction of sp³-hybridized carbons (Fsp3) is 0.739. The van der Waals surface area contributed by atoms with E-state index in [9.17, 15) is 22.0 Å². The van der Waals surface area contributed by atoms with Gasteiger partial charge in [0.1, 0.15) is 11.5 Å². The van der Waals surface area contributed by atoms with Crippen molar-refractivity contribution in [3.63, 3.8) is 0 Å². The van der Waals surface area contributed by atoms with Crippen molar-refractivity contribution in [3.8, 4) is 11.5 Å². The van der Waals surface area contributed by atoms with E-state index < -0.39 is 24.1 Å². The number of hydrogen-bond acceptors (Lipinski definition) is 4. The average Bonchev–Trinajstić information content (AvgIpc) is 3.29. The quantitative estimate of drug-likeness (QED) is 0.448. The molecule has 4 nitrogen and oxygen atoms in total. The Morgan fingerprint density at radius 1 is 0.656 bits per heavy atom. The van der Waals surface area contributed by atoms with Gasteiger partial charge in [-0.3, -0.25) is 0 Å². The Morgan fingerprint density at radius 3 is 1.72 bits per heavy atom. The normalized spacial score (nSPS) is 30.3. The number of halogens is 5. The lowest BCUT2D eigenvalue weighted by Crippen LogP contribution is -2.43. The van der Waals surface area contributed by atoms with Crippen molar-refractivity contribution >= 4 is 0 Å². The molecule has 0 radical (unpaired) electrons. The first kappa shape index (κ1) is 23.5. The van der Waals surface area contributed by atoms with E-state index in [0.717, 1.165) is 24.3 Å². The fourth-order valence-corrected chi connectivity index (χ4v) is 5.18. The number of ether oxygens (including phenoxy) is 4. The van der Waals surface area contributed by atoms with Crippen LogP contribution in [0.5, 0.6) is 11.5 Å². The highest BCUT2D eigenvalue weighted by atomic mass is 19.4. The summed E-state index contributed by atoms with van der Waals surface area (Å²) < 4.78 is 86.5. The van der Waals surface area contributed by atoms with Gasteiger partial charge in [-0.2, -0.15) is 8.78 Å². The largest absolute Gasteiger partial charge is 0.573 e. The van der Waals surface area contributed by atoms with E-state index in [1.807, 2.05) is 0 Å². The molecule has 32 heavy (non-hydrogen) atoms. The number of benzene rings is 1. The minimum absolute atomic E-state index is 0.0883. The van der Waals surface area contributed by atoms with Crippen LogP contribution < -0.4 is 9.47 Å². The van der Waals surface area contributed by atoms with Crippen molar-refractivity contribution < 1.29 is 40.9 Å². The highest BCUT2D eigenvalue weighted by molar-refractivity contribution is 5.31. The topological polar surface area (TPSA) is 36.9 Å². The molecule has 0 bridgehead atoms. The van der Waals surface area contributed by atoms with Crippen molar-refractivity contribution in [1.82, 2.24) is 0 Å². The van der Waals surface area contributed by atoms with E-state index in [1.54, 1.807) is 0 Å². The van der Waals surface area contributed by atoms with Gasteiger partial charge in [-0.1, -0.05) is 25.7 Å². The minimum Gasteiger partial charge on any atom is -0.432 e. The smallest absolute Gasteiger partial charge is 0.432 e. The second kappa shape index (κ2) is 9.71. The van der Waals surface area contributed by atoms with Crippen molar-refractivity contribution in [3.05, 3.63) is 24.3 Å². The predicted molar refractivity (Wildman–Crippen MR) is 105 cm³/mol. The molecule has 0 N–H and O–H groups in total. The Kier molecular flexibility index (Phi) is 7.14. The van der Waals surface area contributed by atoms with E-state index in [0.29, 0.717) is 37.9 Å². The van der Waals surface area contributed by atoms with Crippen LogP contribution >= 0.6 is 0 Å². The third kappa shape index (κ3) is 6.04. The van der Waals surface area contributed by atoms with Gasteiger partial charge in [0.2, 0.25) is 0 Å². The summed E-state index contributed by atoms with van der Waals surface area (Å²) in [6, 6.07) is 4.00. The van der Waals surface area contributed by atoms with Crippen LogP contribution in [-0.2, 0) is 9.47 Å². The molecule has 3 fully saturated rings. The van der Waals surface area contributed by atoms with Crippen LogP contribution in [0.3, 0.4) is 0 Å². The molecule has 180 valence electrons. The van der Waals surface area contributed by atoms with Gasteiger partial charge in [-0.25, -0.2) is 0 Å². The molecule has 3 aliphatic rings. The summed E-state index contributed by atoms with van der Waals surface area (Å²) in [5, 5.41) is 0. The van der Waals surface area contributed by atoms with Crippen LogP contribution in [0.4, 0.5) is 22.0 Å². The molecular weight excluding hydrogens is 435 g/mol. The summed E-state index contributed by atoms with van der Waals surface area (Å²) in [4.78, 5) is 0. The minimum atomic E-state index is -4.84. The third-order valence-electron chi connectivity index (χ3n) is 6.96. The van der Waals surface area contributed by atoms with Gasteiger partial charge in [0, 0.05) is 11.8 Å². The predicted octanol–water partition coefficient (Wildman–Crippen LogP) is 6.54. The molecule has 4 rings (SSSR count). The first-order valence-electron chi connectivity index (χ1n) is 11.4. The molecule has 1 aromatic carbocycles. The molecule has 1 aliphatic heterocycles. The SMILES string of the molecule is FC(F)(F)Oc1ccc(OC(F)(F)C2CCC(C3OCC(C4CCCC4)CO3)CC2)cc1. The lowest BCUT2D eigenvalue weighted by atomic mass is 9.80. The summed E-state index contributed by atoms with van der Waals surface area (Å²) >= 11 is 0. The van der Waals surface area contributed by atoms with Crippen LogP contribution in [0.2, 0.25) is 0 Å². The summed E-state index contributed by atoms with van der Waals surface area (Å²) in [6.07, 6.45) is -1.92. The summed E-state index contributed by atoms with van der Waals surface area (Å²) in [7, 11) is 0. The zero-order valence-corrected chi connectivity index (χ0v) is 17.8. The Hall–Kier alpha value is -1.61. The van der Waals surface area contributed by atoms with Crippen LogP contribution in [-0.4, -0.2) is 32.0 Å². The molecule has 9 heteroatoms. The van der Waals surface area contributed by atoms with E-state index in [2.05, 4.69) is 4.74 Å². The number of hydrogen-bond donors (Lipinski definition) is 0. The number of alkyl halides is 5. The van der Waals surface area contributed by atoms with Crippen LogP contribution in [0.1, 0.15) is 51.4 Å². The first-order valence-corrected chi connectivity index (χ1v) is 11.4. The van der Waals surface area contributed by atoms with Crippen LogP contribution in [0.15, 0.2) is 24.3 Å². The molecular formula is C23H29F5O4. The Morgan fingerprint density at radius 2 is 1.19 bits per heavy atom. The van der Waals surface area contributed by atoms with Crippen molar-refractivity contribution in [2.24, 2.45) is 23.7 Å². The second-order valence-corrected chi connectivity index (χ2v) is 9.13. The average molecular weight is 464 g/mol. The molecule has 1 saturated heterocycles. The Balaban J connectivity index is 1.23. The lowest BCUT2D eigenvalue weighted by molar-refractivity contribution is -0.274. The van der Waals surface area contributed by atoms with Crippen molar-refractivity contribution in [2.75, 3.05) is 13.2 Å². The van der Waals surface area contributed by atoms with Crippen molar-refractivity contribution in [1.29, 1.82) is 0 Å². The van der Waals surface area contributed by atoms with Gasteiger partial charge in [-0.05, 0) is 55.9 Å². The second-order valence-electron chi connectivity index (χ2n) is 9.13. The van der Waals surface area contributed by atoms with Crippen molar-refractivity contribution in [2.45, 2.75) is 70.1 Å². The van der Waals surface area contributed by atoms with Gasteiger partial charge in [0.05, 0.1) is 19.1 Å². The maximum atomic E-state index is 14.7. The van der Waals surface area contributed by atoms with E-state index in [1.165, 1.54) is 25.7 Å². The van der Waals surface area contributed by atoms with Gasteiger partial charge < -0.3 is 18.9 Å². The maximum Gasteiger partial charge on any atom is 0.573 e. The Bertz CT molecular complexity index is 717. The van der Waals surface area contributed by atoms with E-state index in [-0.39, 0.29) is 30.8 Å². The third-order valence-corrected chi connectivity index (χ3v) is 6.96. The zero-order valence-electron chi connectivity index (χ0n) is 17.8.